The number of hydrogen-bond acceptors (Lipinski definition) is 1. The lowest BCUT2D eigenvalue weighted by molar-refractivity contribution is 1.22. The van der Waals surface area contributed by atoms with Crippen molar-refractivity contribution in [3.8, 4) is 0 Å². The van der Waals surface area contributed by atoms with Gasteiger partial charge in [0, 0.05) is 9.79 Å². The Morgan fingerprint density at radius 3 is 1.88 bits per heavy atom. The largest absolute Gasteiger partial charge is 0.0901 e. The minimum absolute atomic E-state index is 1.03. The van der Waals surface area contributed by atoms with Gasteiger partial charge in [-0.3, -0.25) is 0 Å². The normalized spacial score (nSPS) is 11.5. The highest BCUT2D eigenvalue weighted by Gasteiger charge is 2.05. The maximum atomic E-state index is 2.30. The van der Waals surface area contributed by atoms with Crippen LogP contribution in [0.5, 0.6) is 0 Å². The van der Waals surface area contributed by atoms with Crippen molar-refractivity contribution in [2.24, 2.45) is 0 Å². The van der Waals surface area contributed by atoms with Crippen LogP contribution >= 0.6 is 11.8 Å². The Morgan fingerprint density at radius 2 is 1.29 bits per heavy atom. The van der Waals surface area contributed by atoms with Crippen molar-refractivity contribution in [1.29, 1.82) is 0 Å². The quantitative estimate of drug-likeness (QED) is 0.486. The van der Waals surface area contributed by atoms with Gasteiger partial charge in [-0.2, -0.15) is 0 Å². The molecule has 0 fully saturated rings. The molecule has 3 aromatic rings. The summed E-state index contributed by atoms with van der Waals surface area (Å²) >= 11 is 1.81. The number of aryl methyl sites for hydroxylation is 1. The molecule has 0 aliphatic carbocycles. The molecule has 0 bridgehead atoms. The first-order chi connectivity index (χ1) is 11.8. The van der Waals surface area contributed by atoms with Crippen LogP contribution in [0.4, 0.5) is 0 Å². The van der Waals surface area contributed by atoms with E-state index in [9.17, 15) is 0 Å². The number of rotatable bonds is 5. The molecule has 120 valence electrons. The van der Waals surface area contributed by atoms with Gasteiger partial charge in [-0.05, 0) is 54.3 Å². The first-order valence-corrected chi connectivity index (χ1v) is 9.18. The molecule has 0 aromatic heterocycles. The highest BCUT2D eigenvalue weighted by molar-refractivity contribution is 7.99. The summed E-state index contributed by atoms with van der Waals surface area (Å²) < 4.78 is 0. The maximum Gasteiger partial charge on any atom is 0.0122 e. The Morgan fingerprint density at radius 1 is 0.750 bits per heavy atom. The van der Waals surface area contributed by atoms with Gasteiger partial charge >= 0.3 is 0 Å². The van der Waals surface area contributed by atoms with Gasteiger partial charge in [0.05, 0.1) is 0 Å². The molecule has 1 heteroatoms. The first kappa shape index (κ1) is 16.6. The van der Waals surface area contributed by atoms with Crippen LogP contribution in [0.15, 0.2) is 94.7 Å². The van der Waals surface area contributed by atoms with E-state index in [-0.39, 0.29) is 0 Å². The lowest BCUT2D eigenvalue weighted by atomic mass is 9.97. The van der Waals surface area contributed by atoms with Crippen LogP contribution in [0.2, 0.25) is 0 Å². The van der Waals surface area contributed by atoms with Gasteiger partial charge in [0.25, 0.3) is 0 Å². The average molecular weight is 330 g/mol. The summed E-state index contributed by atoms with van der Waals surface area (Å²) in [6.45, 7) is 4.30. The molecule has 0 spiro atoms. The Labute approximate surface area is 149 Å². The SMILES string of the molecule is CC/C=C(/c1ccccc1)c1ccc(Sc2ccc(C)cc2)cc1. The van der Waals surface area contributed by atoms with Crippen LogP contribution in [0.1, 0.15) is 30.0 Å². The van der Waals surface area contributed by atoms with Gasteiger partial charge < -0.3 is 0 Å². The summed E-state index contributed by atoms with van der Waals surface area (Å²) in [6.07, 6.45) is 3.33. The van der Waals surface area contributed by atoms with Crippen molar-refractivity contribution in [2.75, 3.05) is 0 Å². The smallest absolute Gasteiger partial charge is 0.0122 e. The fraction of sp³-hybridized carbons (Fsp3) is 0.130. The van der Waals surface area contributed by atoms with E-state index in [0.717, 1.165) is 6.42 Å². The Hall–Kier alpha value is -2.25. The molecule has 0 unspecified atom stereocenters. The predicted octanol–water partition coefficient (Wildman–Crippen LogP) is 6.99. The monoisotopic (exact) mass is 330 g/mol. The number of hydrogen-bond donors (Lipinski definition) is 0. The average Bonchev–Trinajstić information content (AvgIpc) is 2.63. The lowest BCUT2D eigenvalue weighted by Crippen LogP contribution is -1.88. The third kappa shape index (κ3) is 4.18. The molecule has 0 radical (unpaired) electrons. The van der Waals surface area contributed by atoms with E-state index < -0.39 is 0 Å². The van der Waals surface area contributed by atoms with Crippen molar-refractivity contribution in [3.05, 3.63) is 102 Å². The Bertz CT molecular complexity index is 797. The van der Waals surface area contributed by atoms with E-state index in [2.05, 4.69) is 98.8 Å². The fourth-order valence-corrected chi connectivity index (χ4v) is 3.49. The molecular formula is C23H22S. The molecule has 0 saturated heterocycles. The van der Waals surface area contributed by atoms with Crippen LogP contribution in [0, 0.1) is 6.92 Å². The maximum absolute atomic E-state index is 2.30. The zero-order valence-corrected chi connectivity index (χ0v) is 15.0. The fourth-order valence-electron chi connectivity index (χ4n) is 2.67. The van der Waals surface area contributed by atoms with Crippen LogP contribution in [-0.4, -0.2) is 0 Å². The molecule has 3 rings (SSSR count). The summed E-state index contributed by atoms with van der Waals surface area (Å²) in [5.74, 6) is 0. The summed E-state index contributed by atoms with van der Waals surface area (Å²) in [5, 5.41) is 0. The Balaban J connectivity index is 1.82. The van der Waals surface area contributed by atoms with Gasteiger partial charge in [-0.1, -0.05) is 84.9 Å². The van der Waals surface area contributed by atoms with E-state index >= 15 is 0 Å². The second kappa shape index (κ2) is 8.03. The van der Waals surface area contributed by atoms with Crippen molar-refractivity contribution >= 4 is 17.3 Å². The molecule has 0 aliphatic heterocycles. The summed E-state index contributed by atoms with van der Waals surface area (Å²) in [6, 6.07) is 28.2. The van der Waals surface area contributed by atoms with Gasteiger partial charge in [-0.15, -0.1) is 0 Å². The summed E-state index contributed by atoms with van der Waals surface area (Å²) in [5.41, 5.74) is 5.16. The predicted molar refractivity (Wildman–Crippen MR) is 106 cm³/mol. The molecule has 0 nitrogen and oxygen atoms in total. The second-order valence-electron chi connectivity index (χ2n) is 5.83. The molecule has 0 aliphatic rings. The second-order valence-corrected chi connectivity index (χ2v) is 6.98. The van der Waals surface area contributed by atoms with E-state index in [1.54, 1.807) is 11.8 Å². The minimum atomic E-state index is 1.03. The molecule has 0 heterocycles. The topological polar surface area (TPSA) is 0 Å². The first-order valence-electron chi connectivity index (χ1n) is 8.37. The van der Waals surface area contributed by atoms with Crippen molar-refractivity contribution in [2.45, 2.75) is 30.1 Å². The van der Waals surface area contributed by atoms with Gasteiger partial charge in [0.1, 0.15) is 0 Å². The van der Waals surface area contributed by atoms with E-state index in [4.69, 9.17) is 0 Å². The van der Waals surface area contributed by atoms with Crippen molar-refractivity contribution in [3.63, 3.8) is 0 Å². The van der Waals surface area contributed by atoms with Gasteiger partial charge in [0.2, 0.25) is 0 Å². The van der Waals surface area contributed by atoms with E-state index in [0.29, 0.717) is 0 Å². The molecule has 24 heavy (non-hydrogen) atoms. The van der Waals surface area contributed by atoms with Gasteiger partial charge in [-0.25, -0.2) is 0 Å². The summed E-state index contributed by atoms with van der Waals surface area (Å²) in [7, 11) is 0. The number of allylic oxidation sites excluding steroid dienone is 1. The highest BCUT2D eigenvalue weighted by Crippen LogP contribution is 2.30. The summed E-state index contributed by atoms with van der Waals surface area (Å²) in [4.78, 5) is 2.55. The standard InChI is InChI=1S/C23H22S/c1-3-7-23(19-8-5-4-6-9-19)20-12-16-22(17-13-20)24-21-14-10-18(2)11-15-21/h4-17H,3H2,1-2H3/b23-7-. The van der Waals surface area contributed by atoms with Crippen molar-refractivity contribution < 1.29 is 0 Å². The zero-order chi connectivity index (χ0) is 16.8. The molecule has 0 atom stereocenters. The molecular weight excluding hydrogens is 308 g/mol. The lowest BCUT2D eigenvalue weighted by Gasteiger charge is -2.10. The minimum Gasteiger partial charge on any atom is -0.0901 e. The van der Waals surface area contributed by atoms with Crippen LogP contribution in [0.25, 0.3) is 5.57 Å². The van der Waals surface area contributed by atoms with Crippen LogP contribution in [0.3, 0.4) is 0 Å². The highest BCUT2D eigenvalue weighted by atomic mass is 32.2. The molecule has 0 saturated carbocycles. The van der Waals surface area contributed by atoms with E-state index in [1.165, 1.54) is 32.1 Å². The van der Waals surface area contributed by atoms with E-state index in [1.807, 2.05) is 0 Å². The van der Waals surface area contributed by atoms with Crippen molar-refractivity contribution in [1.82, 2.24) is 0 Å². The third-order valence-corrected chi connectivity index (χ3v) is 4.93. The molecule has 0 amide bonds. The Kier molecular flexibility index (Phi) is 5.55. The van der Waals surface area contributed by atoms with Gasteiger partial charge in [0.15, 0.2) is 0 Å². The third-order valence-electron chi connectivity index (χ3n) is 3.92. The van der Waals surface area contributed by atoms with Crippen LogP contribution in [-0.2, 0) is 0 Å². The zero-order valence-electron chi connectivity index (χ0n) is 14.2. The van der Waals surface area contributed by atoms with Crippen LogP contribution < -0.4 is 0 Å². The number of benzene rings is 3. The molecule has 3 aromatic carbocycles. The molecule has 0 N–H and O–H groups in total.